The van der Waals surface area contributed by atoms with Crippen LogP contribution in [0.2, 0.25) is 0 Å². The number of methoxy groups -OCH3 is 1. The maximum absolute atomic E-state index is 8.86. The molecule has 0 atom stereocenters. The minimum atomic E-state index is 0.307. The zero-order valence-corrected chi connectivity index (χ0v) is 11.8. The first-order chi connectivity index (χ1) is 9.33. The molecule has 2 rings (SSSR count). The van der Waals surface area contributed by atoms with E-state index in [1.165, 1.54) is 31.5 Å². The Morgan fingerprint density at radius 2 is 2.00 bits per heavy atom. The van der Waals surface area contributed by atoms with Crippen LogP contribution in [0.25, 0.3) is 0 Å². The second kappa shape index (κ2) is 7.51. The molecule has 19 heavy (non-hydrogen) atoms. The lowest BCUT2D eigenvalue weighted by Crippen LogP contribution is -2.35. The van der Waals surface area contributed by atoms with E-state index < -0.39 is 0 Å². The largest absolute Gasteiger partial charge is 0.496 e. The van der Waals surface area contributed by atoms with Gasteiger partial charge in [0.2, 0.25) is 0 Å². The van der Waals surface area contributed by atoms with E-state index in [0.29, 0.717) is 6.61 Å². The summed E-state index contributed by atoms with van der Waals surface area (Å²) in [7, 11) is 1.75. The van der Waals surface area contributed by atoms with Crippen LogP contribution in [0.1, 0.15) is 24.8 Å². The average molecular weight is 263 g/mol. The van der Waals surface area contributed by atoms with Crippen LogP contribution < -0.4 is 4.74 Å². The average Bonchev–Trinajstić information content (AvgIpc) is 2.47. The van der Waals surface area contributed by atoms with Gasteiger partial charge in [-0.25, -0.2) is 0 Å². The van der Waals surface area contributed by atoms with E-state index in [-0.39, 0.29) is 0 Å². The van der Waals surface area contributed by atoms with Crippen molar-refractivity contribution < 1.29 is 9.84 Å². The van der Waals surface area contributed by atoms with E-state index in [1.807, 2.05) is 12.1 Å². The number of rotatable bonds is 6. The molecule has 0 aliphatic carbocycles. The van der Waals surface area contributed by atoms with Gasteiger partial charge in [0.25, 0.3) is 0 Å². The number of benzene rings is 1. The third-order valence-electron chi connectivity index (χ3n) is 4.04. The minimum absolute atomic E-state index is 0.307. The van der Waals surface area contributed by atoms with E-state index in [2.05, 4.69) is 17.0 Å². The van der Waals surface area contributed by atoms with Gasteiger partial charge in [0.05, 0.1) is 7.11 Å². The van der Waals surface area contributed by atoms with E-state index in [1.54, 1.807) is 7.11 Å². The smallest absolute Gasteiger partial charge is 0.122 e. The molecule has 1 aliphatic heterocycles. The lowest BCUT2D eigenvalue weighted by atomic mass is 9.90. The predicted octanol–water partition coefficient (Wildman–Crippen LogP) is 2.33. The number of ether oxygens (including phenoxy) is 1. The molecular formula is C16H25NO2. The van der Waals surface area contributed by atoms with E-state index in [0.717, 1.165) is 31.1 Å². The zero-order valence-electron chi connectivity index (χ0n) is 11.8. The molecule has 3 heteroatoms. The van der Waals surface area contributed by atoms with Crippen molar-refractivity contribution in [3.05, 3.63) is 29.8 Å². The van der Waals surface area contributed by atoms with Crippen molar-refractivity contribution in [1.82, 2.24) is 4.90 Å². The maximum Gasteiger partial charge on any atom is 0.122 e. The Morgan fingerprint density at radius 3 is 2.68 bits per heavy atom. The molecule has 1 heterocycles. The first kappa shape index (κ1) is 14.4. The van der Waals surface area contributed by atoms with Gasteiger partial charge < -0.3 is 14.7 Å². The molecule has 0 spiro atoms. The summed E-state index contributed by atoms with van der Waals surface area (Å²) < 4.78 is 5.42. The number of nitrogens with zero attached hydrogens (tertiary/aromatic N) is 1. The number of aliphatic hydroxyl groups is 1. The van der Waals surface area contributed by atoms with Crippen LogP contribution in [0.4, 0.5) is 0 Å². The van der Waals surface area contributed by atoms with Crippen molar-refractivity contribution in [3.8, 4) is 5.75 Å². The third-order valence-corrected chi connectivity index (χ3v) is 4.04. The normalized spacial score (nSPS) is 17.6. The zero-order chi connectivity index (χ0) is 13.5. The highest BCUT2D eigenvalue weighted by molar-refractivity contribution is 5.33. The standard InChI is InChI=1S/C16H25NO2/c1-19-16-6-3-2-5-15(16)13-14-7-10-17(11-8-14)9-4-12-18/h2-3,5-6,14,18H,4,7-13H2,1H3. The Labute approximate surface area is 116 Å². The fourth-order valence-corrected chi connectivity index (χ4v) is 2.89. The highest BCUT2D eigenvalue weighted by atomic mass is 16.5. The Kier molecular flexibility index (Phi) is 5.67. The summed E-state index contributed by atoms with van der Waals surface area (Å²) in [5.74, 6) is 1.78. The molecule has 0 bridgehead atoms. The summed E-state index contributed by atoms with van der Waals surface area (Å²) in [6, 6.07) is 8.34. The van der Waals surface area contributed by atoms with E-state index in [9.17, 15) is 0 Å². The van der Waals surface area contributed by atoms with Crippen LogP contribution in [0, 0.1) is 5.92 Å². The van der Waals surface area contributed by atoms with Gasteiger partial charge in [0, 0.05) is 13.2 Å². The molecule has 1 N–H and O–H groups in total. The van der Waals surface area contributed by atoms with Gasteiger partial charge in [-0.05, 0) is 56.3 Å². The van der Waals surface area contributed by atoms with Crippen molar-refractivity contribution >= 4 is 0 Å². The quantitative estimate of drug-likeness (QED) is 0.855. The second-order valence-electron chi connectivity index (χ2n) is 5.38. The summed E-state index contributed by atoms with van der Waals surface area (Å²) in [5, 5.41) is 8.86. The van der Waals surface area contributed by atoms with Gasteiger partial charge in [0.15, 0.2) is 0 Å². The highest BCUT2D eigenvalue weighted by Crippen LogP contribution is 2.26. The SMILES string of the molecule is COc1ccccc1CC1CCN(CCCO)CC1. The number of likely N-dealkylation sites (tertiary alicyclic amines) is 1. The van der Waals surface area contributed by atoms with Crippen molar-refractivity contribution in [2.24, 2.45) is 5.92 Å². The number of para-hydroxylation sites is 1. The Morgan fingerprint density at radius 1 is 1.26 bits per heavy atom. The van der Waals surface area contributed by atoms with Crippen LogP contribution in [0.15, 0.2) is 24.3 Å². The summed E-state index contributed by atoms with van der Waals surface area (Å²) in [6.07, 6.45) is 4.53. The molecular weight excluding hydrogens is 238 g/mol. The Balaban J connectivity index is 1.82. The summed E-state index contributed by atoms with van der Waals surface area (Å²) in [6.45, 7) is 3.68. The molecule has 1 aromatic rings. The fraction of sp³-hybridized carbons (Fsp3) is 0.625. The number of aliphatic hydroxyl groups excluding tert-OH is 1. The van der Waals surface area contributed by atoms with Crippen molar-refractivity contribution in [3.63, 3.8) is 0 Å². The molecule has 106 valence electrons. The topological polar surface area (TPSA) is 32.7 Å². The van der Waals surface area contributed by atoms with Gasteiger partial charge in [-0.3, -0.25) is 0 Å². The van der Waals surface area contributed by atoms with E-state index in [4.69, 9.17) is 9.84 Å². The molecule has 0 saturated carbocycles. The van der Waals surface area contributed by atoms with Gasteiger partial charge in [0.1, 0.15) is 5.75 Å². The van der Waals surface area contributed by atoms with Gasteiger partial charge in [-0.2, -0.15) is 0 Å². The number of hydrogen-bond donors (Lipinski definition) is 1. The first-order valence-electron chi connectivity index (χ1n) is 7.28. The van der Waals surface area contributed by atoms with Crippen LogP contribution in [-0.4, -0.2) is 43.4 Å². The van der Waals surface area contributed by atoms with Crippen LogP contribution in [-0.2, 0) is 6.42 Å². The number of hydrogen-bond acceptors (Lipinski definition) is 3. The molecule has 1 aromatic carbocycles. The lowest BCUT2D eigenvalue weighted by Gasteiger charge is -2.32. The van der Waals surface area contributed by atoms with Crippen molar-refractivity contribution in [2.75, 3.05) is 33.4 Å². The molecule has 3 nitrogen and oxygen atoms in total. The monoisotopic (exact) mass is 263 g/mol. The highest BCUT2D eigenvalue weighted by Gasteiger charge is 2.20. The molecule has 1 aliphatic rings. The van der Waals surface area contributed by atoms with Gasteiger partial charge >= 0.3 is 0 Å². The summed E-state index contributed by atoms with van der Waals surface area (Å²) in [5.41, 5.74) is 1.33. The van der Waals surface area contributed by atoms with Crippen molar-refractivity contribution in [2.45, 2.75) is 25.7 Å². The van der Waals surface area contributed by atoms with Crippen molar-refractivity contribution in [1.29, 1.82) is 0 Å². The molecule has 1 fully saturated rings. The Bertz CT molecular complexity index is 373. The van der Waals surface area contributed by atoms with Crippen LogP contribution in [0.3, 0.4) is 0 Å². The third kappa shape index (κ3) is 4.22. The maximum atomic E-state index is 8.86. The molecule has 0 radical (unpaired) electrons. The fourth-order valence-electron chi connectivity index (χ4n) is 2.89. The second-order valence-corrected chi connectivity index (χ2v) is 5.38. The van der Waals surface area contributed by atoms with Crippen LogP contribution >= 0.6 is 0 Å². The summed E-state index contributed by atoms with van der Waals surface area (Å²) in [4.78, 5) is 2.47. The minimum Gasteiger partial charge on any atom is -0.496 e. The lowest BCUT2D eigenvalue weighted by molar-refractivity contribution is 0.166. The van der Waals surface area contributed by atoms with E-state index >= 15 is 0 Å². The van der Waals surface area contributed by atoms with Gasteiger partial charge in [-0.1, -0.05) is 18.2 Å². The predicted molar refractivity (Wildman–Crippen MR) is 77.6 cm³/mol. The number of piperidine rings is 1. The molecule has 0 aromatic heterocycles. The van der Waals surface area contributed by atoms with Gasteiger partial charge in [-0.15, -0.1) is 0 Å². The molecule has 0 amide bonds. The first-order valence-corrected chi connectivity index (χ1v) is 7.28. The molecule has 0 unspecified atom stereocenters. The Hall–Kier alpha value is -1.06. The summed E-state index contributed by atoms with van der Waals surface area (Å²) >= 11 is 0. The molecule has 1 saturated heterocycles. The van der Waals surface area contributed by atoms with Crippen LogP contribution in [0.5, 0.6) is 5.75 Å².